The topological polar surface area (TPSA) is 122 Å². The third-order valence-electron chi connectivity index (χ3n) is 2.10. The van der Waals surface area contributed by atoms with Gasteiger partial charge in [0.15, 0.2) is 0 Å². The second-order valence-corrected chi connectivity index (χ2v) is 3.34. The first-order valence-corrected chi connectivity index (χ1v) is 5.00. The number of non-ortho nitro benzene ring substituents is 1. The number of nitro benzene ring substituents is 1. The highest BCUT2D eigenvalue weighted by atomic mass is 16.6. The van der Waals surface area contributed by atoms with E-state index in [9.17, 15) is 19.7 Å². The zero-order valence-electron chi connectivity index (χ0n) is 9.25. The lowest BCUT2D eigenvalue weighted by molar-refractivity contribution is -0.384. The monoisotopic (exact) mass is 253 g/mol. The van der Waals surface area contributed by atoms with E-state index >= 15 is 0 Å². The highest BCUT2D eigenvalue weighted by molar-refractivity contribution is 5.94. The molecule has 2 amide bonds. The highest BCUT2D eigenvalue weighted by Crippen LogP contribution is 2.11. The van der Waals surface area contributed by atoms with Crippen molar-refractivity contribution in [3.63, 3.8) is 0 Å². The lowest BCUT2D eigenvalue weighted by atomic mass is 10.2. The smallest absolute Gasteiger partial charge is 0.269 e. The standard InChI is InChI=1S/C10H11N3O5/c14-9(12-16)5-6-11-10(15)7-1-3-8(4-2-7)13(17)18/h1-4,16H,5-6H2,(H,11,15)(H,12,14). The average Bonchev–Trinajstić information content (AvgIpc) is 2.38. The van der Waals surface area contributed by atoms with Gasteiger partial charge in [0.1, 0.15) is 0 Å². The minimum absolute atomic E-state index is 0.0578. The van der Waals surface area contributed by atoms with Gasteiger partial charge in [0, 0.05) is 30.7 Å². The van der Waals surface area contributed by atoms with E-state index in [1.165, 1.54) is 29.7 Å². The normalized spacial score (nSPS) is 9.61. The summed E-state index contributed by atoms with van der Waals surface area (Å²) in [7, 11) is 0. The Morgan fingerprint density at radius 3 is 2.39 bits per heavy atom. The van der Waals surface area contributed by atoms with Gasteiger partial charge in [0.05, 0.1) is 4.92 Å². The van der Waals surface area contributed by atoms with Crippen LogP contribution in [0.4, 0.5) is 5.69 Å². The molecule has 0 aromatic heterocycles. The van der Waals surface area contributed by atoms with E-state index in [2.05, 4.69) is 5.32 Å². The molecule has 0 atom stereocenters. The Hall–Kier alpha value is -2.48. The molecule has 3 N–H and O–H groups in total. The largest absolute Gasteiger partial charge is 0.352 e. The summed E-state index contributed by atoms with van der Waals surface area (Å²) in [5.41, 5.74) is 1.58. The van der Waals surface area contributed by atoms with Crippen LogP contribution in [0.2, 0.25) is 0 Å². The summed E-state index contributed by atoms with van der Waals surface area (Å²) in [5, 5.41) is 21.1. The van der Waals surface area contributed by atoms with Crippen molar-refractivity contribution >= 4 is 17.5 Å². The molecule has 0 fully saturated rings. The Bertz CT molecular complexity index is 457. The number of nitro groups is 1. The first kappa shape index (κ1) is 13.6. The van der Waals surface area contributed by atoms with Gasteiger partial charge in [-0.2, -0.15) is 0 Å². The van der Waals surface area contributed by atoms with Crippen molar-refractivity contribution < 1.29 is 19.7 Å². The zero-order valence-corrected chi connectivity index (χ0v) is 9.25. The summed E-state index contributed by atoms with van der Waals surface area (Å²) in [6.07, 6.45) is -0.0603. The molecule has 1 rings (SSSR count). The van der Waals surface area contributed by atoms with Crippen LogP contribution in [0, 0.1) is 10.1 Å². The van der Waals surface area contributed by atoms with Crippen LogP contribution in [0.3, 0.4) is 0 Å². The Labute approximate surface area is 102 Å². The molecule has 1 aromatic carbocycles. The molecule has 0 aliphatic carbocycles. The first-order chi connectivity index (χ1) is 8.54. The van der Waals surface area contributed by atoms with Gasteiger partial charge >= 0.3 is 0 Å². The summed E-state index contributed by atoms with van der Waals surface area (Å²) >= 11 is 0. The maximum Gasteiger partial charge on any atom is 0.269 e. The quantitative estimate of drug-likeness (QED) is 0.393. The summed E-state index contributed by atoms with van der Waals surface area (Å²) in [5.74, 6) is -1.06. The maximum absolute atomic E-state index is 11.5. The molecule has 0 aliphatic heterocycles. The summed E-state index contributed by atoms with van der Waals surface area (Å²) in [6, 6.07) is 5.07. The van der Waals surface area contributed by atoms with Gasteiger partial charge in [-0.15, -0.1) is 0 Å². The molecule has 0 spiro atoms. The number of nitrogens with zero attached hydrogens (tertiary/aromatic N) is 1. The second-order valence-electron chi connectivity index (χ2n) is 3.34. The van der Waals surface area contributed by atoms with Crippen molar-refractivity contribution in [1.82, 2.24) is 10.8 Å². The van der Waals surface area contributed by atoms with Gasteiger partial charge in [0.25, 0.3) is 11.6 Å². The lowest BCUT2D eigenvalue weighted by Crippen LogP contribution is -2.29. The number of hydrogen-bond donors (Lipinski definition) is 3. The molecular formula is C10H11N3O5. The van der Waals surface area contributed by atoms with E-state index in [1.807, 2.05) is 0 Å². The summed E-state index contributed by atoms with van der Waals surface area (Å²) < 4.78 is 0. The molecule has 0 saturated heterocycles. The molecule has 0 saturated carbocycles. The molecule has 0 aliphatic rings. The fraction of sp³-hybridized carbons (Fsp3) is 0.200. The van der Waals surface area contributed by atoms with Gasteiger partial charge < -0.3 is 5.32 Å². The lowest BCUT2D eigenvalue weighted by Gasteiger charge is -2.04. The number of amides is 2. The van der Waals surface area contributed by atoms with Gasteiger partial charge in [-0.25, -0.2) is 5.48 Å². The molecule has 8 nitrogen and oxygen atoms in total. The molecule has 18 heavy (non-hydrogen) atoms. The van der Waals surface area contributed by atoms with Crippen molar-refractivity contribution in [2.24, 2.45) is 0 Å². The van der Waals surface area contributed by atoms with Crippen LogP contribution in [0.25, 0.3) is 0 Å². The van der Waals surface area contributed by atoms with Crippen LogP contribution < -0.4 is 10.8 Å². The van der Waals surface area contributed by atoms with E-state index in [-0.39, 0.29) is 24.2 Å². The highest BCUT2D eigenvalue weighted by Gasteiger charge is 2.09. The summed E-state index contributed by atoms with van der Waals surface area (Å²) in [6.45, 7) is 0.0578. The Kier molecular flexibility index (Phi) is 4.76. The molecule has 8 heteroatoms. The van der Waals surface area contributed by atoms with Crippen LogP contribution in [0.1, 0.15) is 16.8 Å². The Morgan fingerprint density at radius 2 is 1.89 bits per heavy atom. The number of carbonyl (C=O) groups is 2. The molecule has 0 heterocycles. The number of hydrogen-bond acceptors (Lipinski definition) is 5. The fourth-order valence-electron chi connectivity index (χ4n) is 1.18. The van der Waals surface area contributed by atoms with E-state index < -0.39 is 16.7 Å². The van der Waals surface area contributed by atoms with Gasteiger partial charge in [-0.3, -0.25) is 24.9 Å². The maximum atomic E-state index is 11.5. The molecule has 1 aromatic rings. The number of nitrogens with one attached hydrogen (secondary N) is 2. The van der Waals surface area contributed by atoms with Crippen molar-refractivity contribution in [3.8, 4) is 0 Å². The predicted molar refractivity (Wildman–Crippen MR) is 60.0 cm³/mol. The second kappa shape index (κ2) is 6.30. The number of benzene rings is 1. The zero-order chi connectivity index (χ0) is 13.5. The molecule has 0 radical (unpaired) electrons. The minimum atomic E-state index is -0.612. The number of carbonyl (C=O) groups excluding carboxylic acids is 2. The van der Waals surface area contributed by atoms with Crippen LogP contribution in [-0.4, -0.2) is 28.5 Å². The average molecular weight is 253 g/mol. The van der Waals surface area contributed by atoms with Crippen molar-refractivity contribution in [2.75, 3.05) is 6.54 Å². The van der Waals surface area contributed by atoms with Crippen LogP contribution in [-0.2, 0) is 4.79 Å². The van der Waals surface area contributed by atoms with E-state index in [0.29, 0.717) is 0 Å². The van der Waals surface area contributed by atoms with E-state index in [4.69, 9.17) is 5.21 Å². The van der Waals surface area contributed by atoms with Crippen LogP contribution >= 0.6 is 0 Å². The first-order valence-electron chi connectivity index (χ1n) is 5.00. The van der Waals surface area contributed by atoms with Crippen molar-refractivity contribution in [2.45, 2.75) is 6.42 Å². The van der Waals surface area contributed by atoms with Gasteiger partial charge in [-0.1, -0.05) is 0 Å². The van der Waals surface area contributed by atoms with E-state index in [0.717, 1.165) is 0 Å². The molecule has 96 valence electrons. The van der Waals surface area contributed by atoms with Crippen LogP contribution in [0.5, 0.6) is 0 Å². The molecule has 0 bridgehead atoms. The fourth-order valence-corrected chi connectivity index (χ4v) is 1.18. The SMILES string of the molecule is O=C(CCNC(=O)c1ccc([N+](=O)[O-])cc1)NO. The molecule has 0 unspecified atom stereocenters. The van der Waals surface area contributed by atoms with Crippen LogP contribution in [0.15, 0.2) is 24.3 Å². The third-order valence-corrected chi connectivity index (χ3v) is 2.10. The van der Waals surface area contributed by atoms with E-state index in [1.54, 1.807) is 0 Å². The number of hydroxylamine groups is 1. The van der Waals surface area contributed by atoms with Crippen molar-refractivity contribution in [1.29, 1.82) is 0 Å². The Balaban J connectivity index is 2.51. The Morgan fingerprint density at radius 1 is 1.28 bits per heavy atom. The van der Waals surface area contributed by atoms with Crippen molar-refractivity contribution in [3.05, 3.63) is 39.9 Å². The third kappa shape index (κ3) is 3.83. The van der Waals surface area contributed by atoms with Gasteiger partial charge in [0.2, 0.25) is 5.91 Å². The summed E-state index contributed by atoms with van der Waals surface area (Å²) in [4.78, 5) is 32.0. The van der Waals surface area contributed by atoms with Gasteiger partial charge in [-0.05, 0) is 12.1 Å². The molecular weight excluding hydrogens is 242 g/mol. The minimum Gasteiger partial charge on any atom is -0.352 e. The number of rotatable bonds is 5. The predicted octanol–water partition coefficient (Wildman–Crippen LogP) is 0.220.